The van der Waals surface area contributed by atoms with Crippen LogP contribution in [0.5, 0.6) is 0 Å². The summed E-state index contributed by atoms with van der Waals surface area (Å²) in [5.74, 6) is 0. The van der Waals surface area contributed by atoms with Crippen LogP contribution in [0, 0.1) is 0 Å². The third kappa shape index (κ3) is 8.27. The minimum atomic E-state index is -1.01. The van der Waals surface area contributed by atoms with E-state index in [9.17, 15) is 10.2 Å². The van der Waals surface area contributed by atoms with Crippen molar-refractivity contribution in [2.24, 2.45) is 0 Å². The van der Waals surface area contributed by atoms with E-state index in [-0.39, 0.29) is 6.61 Å². The number of hydrogen-bond donors (Lipinski definition) is 3. The second-order valence-corrected chi connectivity index (χ2v) is 6.27. The Hall–Kier alpha value is -0.460. The van der Waals surface area contributed by atoms with Gasteiger partial charge in [-0.1, -0.05) is 44.8 Å². The monoisotopic (exact) mass is 330 g/mol. The molecule has 1 rings (SSSR count). The van der Waals surface area contributed by atoms with Gasteiger partial charge in [0.2, 0.25) is 0 Å². The lowest BCUT2D eigenvalue weighted by Gasteiger charge is -2.23. The van der Waals surface area contributed by atoms with Crippen molar-refractivity contribution >= 4 is 0 Å². The predicted octanol–water partition coefficient (Wildman–Crippen LogP) is 2.18. The van der Waals surface area contributed by atoms with Crippen molar-refractivity contribution < 1.29 is 24.8 Å². The fraction of sp³-hybridized carbons (Fsp3) is 0.889. The number of ether oxygens (including phenoxy) is 2. The lowest BCUT2D eigenvalue weighted by atomic mass is 10.1. The molecule has 4 atom stereocenters. The number of hydrogen-bond acceptors (Lipinski definition) is 5. The molecule has 0 aromatic rings. The van der Waals surface area contributed by atoms with E-state index in [0.717, 1.165) is 19.3 Å². The molecule has 23 heavy (non-hydrogen) atoms. The van der Waals surface area contributed by atoms with Gasteiger partial charge in [0.25, 0.3) is 0 Å². The smallest absolute Gasteiger partial charge is 0.114 e. The van der Waals surface area contributed by atoms with Crippen LogP contribution in [0.15, 0.2) is 12.2 Å². The van der Waals surface area contributed by atoms with Gasteiger partial charge in [0.1, 0.15) is 24.4 Å². The molecule has 0 unspecified atom stereocenters. The van der Waals surface area contributed by atoms with Gasteiger partial charge in [0, 0.05) is 6.61 Å². The van der Waals surface area contributed by atoms with Gasteiger partial charge in [0.15, 0.2) is 0 Å². The summed E-state index contributed by atoms with van der Waals surface area (Å²) in [5.41, 5.74) is 0. The van der Waals surface area contributed by atoms with Gasteiger partial charge in [-0.15, -0.1) is 0 Å². The normalized spacial score (nSPS) is 26.2. The van der Waals surface area contributed by atoms with E-state index in [1.54, 1.807) is 0 Å². The number of rotatable bonds is 13. The quantitative estimate of drug-likeness (QED) is 0.356. The van der Waals surface area contributed by atoms with E-state index in [1.165, 1.54) is 32.1 Å². The fourth-order valence-corrected chi connectivity index (χ4v) is 2.78. The first kappa shape index (κ1) is 20.6. The zero-order chi connectivity index (χ0) is 16.9. The standard InChI is InChI=1S/C18H34O5/c1-2-3-4-5-6-7-8-9-10-11-12-22-18-16(21)14-23-17(18)15(20)13-19/h8-9,15-21H,2-7,10-14H2,1H3/b9-8+/t15-,16+,17+,18+/m0/s1. The van der Waals surface area contributed by atoms with Crippen molar-refractivity contribution in [3.63, 3.8) is 0 Å². The van der Waals surface area contributed by atoms with Gasteiger partial charge >= 0.3 is 0 Å². The Bertz CT molecular complexity index is 308. The highest BCUT2D eigenvalue weighted by Gasteiger charge is 2.40. The van der Waals surface area contributed by atoms with Crippen LogP contribution in [0.4, 0.5) is 0 Å². The highest BCUT2D eigenvalue weighted by Crippen LogP contribution is 2.21. The summed E-state index contributed by atoms with van der Waals surface area (Å²) in [6.45, 7) is 2.49. The molecule has 136 valence electrons. The first-order valence-electron chi connectivity index (χ1n) is 9.05. The van der Waals surface area contributed by atoms with Crippen molar-refractivity contribution in [3.8, 4) is 0 Å². The van der Waals surface area contributed by atoms with Gasteiger partial charge in [-0.05, 0) is 25.7 Å². The second-order valence-electron chi connectivity index (χ2n) is 6.27. The first-order valence-corrected chi connectivity index (χ1v) is 9.05. The van der Waals surface area contributed by atoms with Crippen LogP contribution in [-0.4, -0.2) is 59.6 Å². The van der Waals surface area contributed by atoms with E-state index in [0.29, 0.717) is 6.61 Å². The van der Waals surface area contributed by atoms with Crippen molar-refractivity contribution in [2.75, 3.05) is 19.8 Å². The highest BCUT2D eigenvalue weighted by molar-refractivity contribution is 4.89. The maximum Gasteiger partial charge on any atom is 0.114 e. The molecule has 1 fully saturated rings. The van der Waals surface area contributed by atoms with E-state index in [1.807, 2.05) is 0 Å². The van der Waals surface area contributed by atoms with Gasteiger partial charge in [-0.25, -0.2) is 0 Å². The van der Waals surface area contributed by atoms with Gasteiger partial charge in [-0.2, -0.15) is 0 Å². The Balaban J connectivity index is 2.05. The average molecular weight is 330 g/mol. The summed E-state index contributed by atoms with van der Waals surface area (Å²) in [7, 11) is 0. The summed E-state index contributed by atoms with van der Waals surface area (Å²) < 4.78 is 10.9. The molecule has 1 aliphatic heterocycles. The Morgan fingerprint density at radius 2 is 1.83 bits per heavy atom. The van der Waals surface area contributed by atoms with E-state index >= 15 is 0 Å². The largest absolute Gasteiger partial charge is 0.394 e. The van der Waals surface area contributed by atoms with Crippen LogP contribution in [-0.2, 0) is 9.47 Å². The summed E-state index contributed by atoms with van der Waals surface area (Å²) in [6.07, 6.45) is 11.0. The van der Waals surface area contributed by atoms with Crippen LogP contribution >= 0.6 is 0 Å². The Labute approximate surface area is 140 Å². The average Bonchev–Trinajstić information content (AvgIpc) is 2.93. The maximum absolute atomic E-state index is 9.81. The molecule has 0 bridgehead atoms. The van der Waals surface area contributed by atoms with Crippen LogP contribution < -0.4 is 0 Å². The molecule has 5 nitrogen and oxygen atoms in total. The number of unbranched alkanes of at least 4 members (excludes halogenated alkanes) is 6. The Morgan fingerprint density at radius 3 is 2.52 bits per heavy atom. The van der Waals surface area contributed by atoms with Crippen LogP contribution in [0.1, 0.15) is 58.3 Å². The third-order valence-corrected chi connectivity index (χ3v) is 4.20. The molecule has 0 aromatic carbocycles. The molecule has 5 heteroatoms. The van der Waals surface area contributed by atoms with Crippen molar-refractivity contribution in [1.29, 1.82) is 0 Å². The second kappa shape index (κ2) is 12.9. The van der Waals surface area contributed by atoms with Crippen LogP contribution in [0.2, 0.25) is 0 Å². The molecule has 0 aliphatic carbocycles. The maximum atomic E-state index is 9.81. The van der Waals surface area contributed by atoms with Gasteiger partial charge in [-0.3, -0.25) is 0 Å². The van der Waals surface area contributed by atoms with E-state index < -0.39 is 31.0 Å². The molecule has 0 amide bonds. The molecular formula is C18H34O5. The Kier molecular flexibility index (Phi) is 11.5. The van der Waals surface area contributed by atoms with Crippen molar-refractivity contribution in [2.45, 2.75) is 82.7 Å². The summed E-state index contributed by atoms with van der Waals surface area (Å²) in [5, 5.41) is 28.4. The van der Waals surface area contributed by atoms with Gasteiger partial charge < -0.3 is 24.8 Å². The number of aliphatic hydroxyl groups excluding tert-OH is 3. The molecule has 3 N–H and O–H groups in total. The molecule has 1 aliphatic rings. The van der Waals surface area contributed by atoms with Crippen LogP contribution in [0.25, 0.3) is 0 Å². The summed E-state index contributed by atoms with van der Waals surface area (Å²) in [6, 6.07) is 0. The lowest BCUT2D eigenvalue weighted by Crippen LogP contribution is -2.42. The SMILES string of the molecule is CCCCCCC/C=C/CCCO[C@H]1[C@@H]([C@@H](O)CO)OC[C@H]1O. The molecular weight excluding hydrogens is 296 g/mol. The predicted molar refractivity (Wildman–Crippen MR) is 90.3 cm³/mol. The minimum absolute atomic E-state index is 0.143. The molecule has 0 saturated carbocycles. The van der Waals surface area contributed by atoms with Crippen molar-refractivity contribution in [3.05, 3.63) is 12.2 Å². The lowest BCUT2D eigenvalue weighted by molar-refractivity contribution is -0.0935. The summed E-state index contributed by atoms with van der Waals surface area (Å²) >= 11 is 0. The Morgan fingerprint density at radius 1 is 1.13 bits per heavy atom. The molecule has 1 heterocycles. The summed E-state index contributed by atoms with van der Waals surface area (Å²) in [4.78, 5) is 0. The first-order chi connectivity index (χ1) is 11.2. The minimum Gasteiger partial charge on any atom is -0.394 e. The molecule has 0 radical (unpaired) electrons. The van der Waals surface area contributed by atoms with Crippen molar-refractivity contribution in [1.82, 2.24) is 0 Å². The van der Waals surface area contributed by atoms with Gasteiger partial charge in [0.05, 0.1) is 13.2 Å². The highest BCUT2D eigenvalue weighted by atomic mass is 16.6. The number of allylic oxidation sites excluding steroid dienone is 2. The topological polar surface area (TPSA) is 79.2 Å². The zero-order valence-electron chi connectivity index (χ0n) is 14.4. The molecule has 0 aromatic heterocycles. The fourth-order valence-electron chi connectivity index (χ4n) is 2.78. The van der Waals surface area contributed by atoms with E-state index in [4.69, 9.17) is 14.6 Å². The zero-order valence-corrected chi connectivity index (χ0v) is 14.4. The molecule has 0 spiro atoms. The number of aliphatic hydroxyl groups is 3. The van der Waals surface area contributed by atoms with Crippen LogP contribution in [0.3, 0.4) is 0 Å². The van der Waals surface area contributed by atoms with E-state index in [2.05, 4.69) is 19.1 Å². The third-order valence-electron chi connectivity index (χ3n) is 4.20. The molecule has 1 saturated heterocycles.